The van der Waals surface area contributed by atoms with Crippen molar-refractivity contribution in [2.75, 3.05) is 12.8 Å². The van der Waals surface area contributed by atoms with Crippen LogP contribution in [0.25, 0.3) is 0 Å². The highest BCUT2D eigenvalue weighted by Crippen LogP contribution is 2.15. The largest absolute Gasteiger partial charge is 0.481 e. The van der Waals surface area contributed by atoms with E-state index in [9.17, 15) is 14.4 Å². The molecule has 1 aliphatic heterocycles. The fourth-order valence-electron chi connectivity index (χ4n) is 1.12. The first-order chi connectivity index (χ1) is 7.52. The molecule has 1 saturated heterocycles. The number of aliphatic carboxylic acids is 1. The van der Waals surface area contributed by atoms with Gasteiger partial charge in [0.2, 0.25) is 0 Å². The second kappa shape index (κ2) is 5.71. The lowest BCUT2D eigenvalue weighted by Crippen LogP contribution is -2.62. The molecule has 1 rings (SSSR count). The molecule has 1 heterocycles. The van der Waals surface area contributed by atoms with Crippen LogP contribution < -0.4 is 10.9 Å². The Kier molecular flexibility index (Phi) is 4.56. The maximum Gasteiger partial charge on any atom is 0.323 e. The Hall–Kier alpha value is -1.28. The number of amides is 2. The first-order valence-corrected chi connectivity index (χ1v) is 5.73. The van der Waals surface area contributed by atoms with E-state index in [4.69, 9.17) is 5.11 Å². The zero-order chi connectivity index (χ0) is 12.1. The first-order valence-electron chi connectivity index (χ1n) is 4.68. The summed E-state index contributed by atoms with van der Waals surface area (Å²) < 4.78 is 0. The summed E-state index contributed by atoms with van der Waals surface area (Å²) in [6.45, 7) is 0. The van der Waals surface area contributed by atoms with E-state index in [2.05, 4.69) is 10.9 Å². The number of carbonyl (C=O) groups excluding carboxylic acids is 2. The number of nitrogens with one attached hydrogen (secondary N) is 2. The van der Waals surface area contributed by atoms with Crippen LogP contribution in [0.15, 0.2) is 0 Å². The van der Waals surface area contributed by atoms with Crippen LogP contribution >= 0.6 is 11.8 Å². The highest BCUT2D eigenvalue weighted by atomic mass is 32.2. The molecule has 8 heteroatoms. The maximum atomic E-state index is 11.2. The van der Waals surface area contributed by atoms with Crippen molar-refractivity contribution < 1.29 is 19.5 Å². The standard InChI is InChI=1S/C8H13N3O4S/c1-11-7(15)6(14)9-10-8(11)16-4-2-3-5(12)13/h8,10H,2-4H2,1H3,(H,9,14)(H,12,13). The van der Waals surface area contributed by atoms with Crippen molar-refractivity contribution in [3.8, 4) is 0 Å². The second-order valence-corrected chi connectivity index (χ2v) is 4.42. The molecule has 1 atom stereocenters. The molecule has 0 aromatic carbocycles. The lowest BCUT2D eigenvalue weighted by molar-refractivity contribution is -0.149. The third kappa shape index (κ3) is 3.38. The van der Waals surface area contributed by atoms with Gasteiger partial charge in [-0.25, -0.2) is 5.43 Å². The van der Waals surface area contributed by atoms with Gasteiger partial charge in [0.25, 0.3) is 0 Å². The number of hydrazine groups is 1. The Morgan fingerprint density at radius 2 is 2.25 bits per heavy atom. The first kappa shape index (κ1) is 12.8. The summed E-state index contributed by atoms with van der Waals surface area (Å²) in [5, 5.41) is 8.43. The molecule has 0 aliphatic carbocycles. The topological polar surface area (TPSA) is 98.7 Å². The summed E-state index contributed by atoms with van der Waals surface area (Å²) in [4.78, 5) is 33.7. The molecule has 0 aromatic heterocycles. The molecule has 0 spiro atoms. The van der Waals surface area contributed by atoms with Gasteiger partial charge in [-0.05, 0) is 12.2 Å². The van der Waals surface area contributed by atoms with E-state index in [1.54, 1.807) is 0 Å². The van der Waals surface area contributed by atoms with Crippen molar-refractivity contribution >= 4 is 29.5 Å². The third-order valence-electron chi connectivity index (χ3n) is 1.99. The average molecular weight is 247 g/mol. The minimum absolute atomic E-state index is 0.101. The summed E-state index contributed by atoms with van der Waals surface area (Å²) >= 11 is 1.37. The second-order valence-electron chi connectivity index (χ2n) is 3.23. The quantitative estimate of drug-likeness (QED) is 0.424. The molecule has 0 bridgehead atoms. The Balaban J connectivity index is 2.29. The zero-order valence-electron chi connectivity index (χ0n) is 8.73. The number of rotatable bonds is 5. The normalized spacial score (nSPS) is 20.8. The van der Waals surface area contributed by atoms with Gasteiger partial charge in [-0.3, -0.25) is 19.8 Å². The van der Waals surface area contributed by atoms with E-state index in [0.29, 0.717) is 12.2 Å². The van der Waals surface area contributed by atoms with Gasteiger partial charge in [0.05, 0.1) is 0 Å². The van der Waals surface area contributed by atoms with Gasteiger partial charge in [0.1, 0.15) is 5.50 Å². The van der Waals surface area contributed by atoms with Crippen LogP contribution in [0.3, 0.4) is 0 Å². The molecular weight excluding hydrogens is 234 g/mol. The number of thioether (sulfide) groups is 1. The highest BCUT2D eigenvalue weighted by Gasteiger charge is 2.30. The Morgan fingerprint density at radius 1 is 1.56 bits per heavy atom. The lowest BCUT2D eigenvalue weighted by Gasteiger charge is -2.32. The van der Waals surface area contributed by atoms with Gasteiger partial charge in [-0.15, -0.1) is 11.8 Å². The van der Waals surface area contributed by atoms with E-state index in [0.717, 1.165) is 0 Å². The summed E-state index contributed by atoms with van der Waals surface area (Å²) in [6, 6.07) is 0. The molecule has 90 valence electrons. The number of hydrogen-bond donors (Lipinski definition) is 3. The monoisotopic (exact) mass is 247 g/mol. The number of carboxylic acid groups (broad SMARTS) is 1. The SMILES string of the molecule is CN1C(=O)C(=O)NNC1SCCCC(=O)O. The van der Waals surface area contributed by atoms with E-state index in [1.165, 1.54) is 23.7 Å². The summed E-state index contributed by atoms with van der Waals surface area (Å²) in [7, 11) is 1.52. The van der Waals surface area contributed by atoms with E-state index in [1.807, 2.05) is 0 Å². The molecule has 1 fully saturated rings. The number of carboxylic acids is 1. The summed E-state index contributed by atoms with van der Waals surface area (Å²) in [6.07, 6.45) is 0.623. The van der Waals surface area contributed by atoms with Gasteiger partial charge < -0.3 is 10.0 Å². The van der Waals surface area contributed by atoms with Crippen molar-refractivity contribution in [2.45, 2.75) is 18.3 Å². The van der Waals surface area contributed by atoms with Crippen molar-refractivity contribution in [1.82, 2.24) is 15.8 Å². The maximum absolute atomic E-state index is 11.2. The molecular formula is C8H13N3O4S. The van der Waals surface area contributed by atoms with E-state index < -0.39 is 17.8 Å². The summed E-state index contributed by atoms with van der Waals surface area (Å²) in [5.74, 6) is -1.54. The minimum atomic E-state index is -0.838. The van der Waals surface area contributed by atoms with Gasteiger partial charge in [0, 0.05) is 13.5 Å². The number of hydrogen-bond acceptors (Lipinski definition) is 5. The predicted molar refractivity (Wildman–Crippen MR) is 57.2 cm³/mol. The molecule has 0 aromatic rings. The van der Waals surface area contributed by atoms with Gasteiger partial charge in [0.15, 0.2) is 0 Å². The average Bonchev–Trinajstić information content (AvgIpc) is 2.23. The van der Waals surface area contributed by atoms with Crippen molar-refractivity contribution in [1.29, 1.82) is 0 Å². The molecule has 0 saturated carbocycles. The molecule has 7 nitrogen and oxygen atoms in total. The lowest BCUT2D eigenvalue weighted by atomic mass is 10.3. The zero-order valence-corrected chi connectivity index (χ0v) is 9.54. The van der Waals surface area contributed by atoms with Gasteiger partial charge in [-0.1, -0.05) is 0 Å². The third-order valence-corrected chi connectivity index (χ3v) is 3.26. The van der Waals surface area contributed by atoms with Gasteiger partial charge >= 0.3 is 17.8 Å². The molecule has 2 amide bonds. The van der Waals surface area contributed by atoms with Crippen molar-refractivity contribution in [3.63, 3.8) is 0 Å². The molecule has 1 unspecified atom stereocenters. The number of likely N-dealkylation sites (N-methyl/N-ethyl adjacent to an activating group) is 1. The number of nitrogens with zero attached hydrogens (tertiary/aromatic N) is 1. The predicted octanol–water partition coefficient (Wildman–Crippen LogP) is -1.04. The Bertz CT molecular complexity index is 310. The Labute approximate surface area is 96.5 Å². The minimum Gasteiger partial charge on any atom is -0.481 e. The molecule has 3 N–H and O–H groups in total. The highest BCUT2D eigenvalue weighted by molar-refractivity contribution is 7.99. The van der Waals surface area contributed by atoms with Crippen molar-refractivity contribution in [3.05, 3.63) is 0 Å². The molecule has 0 radical (unpaired) electrons. The Morgan fingerprint density at radius 3 is 2.88 bits per heavy atom. The van der Waals surface area contributed by atoms with Crippen LogP contribution in [-0.2, 0) is 14.4 Å². The molecule has 1 aliphatic rings. The van der Waals surface area contributed by atoms with Gasteiger partial charge in [-0.2, -0.15) is 0 Å². The number of carbonyl (C=O) groups is 3. The fourth-order valence-corrected chi connectivity index (χ4v) is 2.11. The van der Waals surface area contributed by atoms with Crippen LogP contribution in [0, 0.1) is 0 Å². The van der Waals surface area contributed by atoms with Crippen LogP contribution in [0.1, 0.15) is 12.8 Å². The summed E-state index contributed by atoms with van der Waals surface area (Å²) in [5.41, 5.74) is 4.55. The van der Waals surface area contributed by atoms with Crippen molar-refractivity contribution in [2.24, 2.45) is 0 Å². The van der Waals surface area contributed by atoms with Crippen LogP contribution in [0.4, 0.5) is 0 Å². The molecule has 16 heavy (non-hydrogen) atoms. The van der Waals surface area contributed by atoms with E-state index >= 15 is 0 Å². The smallest absolute Gasteiger partial charge is 0.323 e. The van der Waals surface area contributed by atoms with E-state index in [-0.39, 0.29) is 11.9 Å². The van der Waals surface area contributed by atoms with Crippen LogP contribution in [0.5, 0.6) is 0 Å². The van der Waals surface area contributed by atoms with Crippen LogP contribution in [-0.4, -0.2) is 46.1 Å². The fraction of sp³-hybridized carbons (Fsp3) is 0.625. The van der Waals surface area contributed by atoms with Crippen LogP contribution in [0.2, 0.25) is 0 Å².